The first-order valence-electron chi connectivity index (χ1n) is 4.79. The molecule has 0 radical (unpaired) electrons. The molecule has 0 bridgehead atoms. The van der Waals surface area contributed by atoms with E-state index in [2.05, 4.69) is 5.32 Å². The Morgan fingerprint density at radius 1 is 1.58 bits per heavy atom. The molecule has 0 heterocycles. The minimum Gasteiger partial charge on any atom is -0.368 e. The van der Waals surface area contributed by atoms with E-state index in [-0.39, 0.29) is 11.9 Å². The van der Waals surface area contributed by atoms with E-state index < -0.39 is 0 Å². The summed E-state index contributed by atoms with van der Waals surface area (Å²) in [5, 5.41) is 3.29. The number of nitrogens with one attached hydrogen (secondary N) is 1. The van der Waals surface area contributed by atoms with Crippen molar-refractivity contribution in [1.82, 2.24) is 5.32 Å². The summed E-state index contributed by atoms with van der Waals surface area (Å²) in [6.45, 7) is 1.98. The molecule has 3 N–H and O–H groups in total. The zero-order chi connectivity index (χ0) is 8.97. The molecule has 1 aliphatic carbocycles. The number of hydrogen-bond acceptors (Lipinski definition) is 2. The summed E-state index contributed by atoms with van der Waals surface area (Å²) in [6.07, 6.45) is 5.76. The molecule has 0 aliphatic heterocycles. The smallest absolute Gasteiger partial charge is 0.234 e. The Kier molecular flexibility index (Phi) is 3.53. The van der Waals surface area contributed by atoms with Gasteiger partial charge in [0.05, 0.1) is 6.04 Å². The predicted molar refractivity (Wildman–Crippen MR) is 48.7 cm³/mol. The van der Waals surface area contributed by atoms with Crippen molar-refractivity contribution in [3.05, 3.63) is 0 Å². The highest BCUT2D eigenvalue weighted by atomic mass is 16.1. The maximum atomic E-state index is 10.9. The number of amides is 1. The van der Waals surface area contributed by atoms with Crippen molar-refractivity contribution >= 4 is 5.91 Å². The average molecular weight is 170 g/mol. The molecule has 70 valence electrons. The van der Waals surface area contributed by atoms with Crippen LogP contribution in [0.25, 0.3) is 0 Å². The van der Waals surface area contributed by atoms with Crippen LogP contribution in [-0.2, 0) is 4.79 Å². The van der Waals surface area contributed by atoms with Gasteiger partial charge in [0.25, 0.3) is 0 Å². The molecule has 1 rings (SSSR count). The van der Waals surface area contributed by atoms with Crippen molar-refractivity contribution in [1.29, 1.82) is 0 Å². The summed E-state index contributed by atoms with van der Waals surface area (Å²) < 4.78 is 0. The lowest BCUT2D eigenvalue weighted by Gasteiger charge is -2.18. The van der Waals surface area contributed by atoms with Gasteiger partial charge in [-0.3, -0.25) is 4.79 Å². The third-order valence-corrected chi connectivity index (χ3v) is 2.54. The van der Waals surface area contributed by atoms with E-state index in [4.69, 9.17) is 5.73 Å². The molecule has 12 heavy (non-hydrogen) atoms. The van der Waals surface area contributed by atoms with Gasteiger partial charge in [0.2, 0.25) is 5.91 Å². The van der Waals surface area contributed by atoms with Crippen molar-refractivity contribution in [3.63, 3.8) is 0 Å². The Hall–Kier alpha value is -0.570. The summed E-state index contributed by atoms with van der Waals surface area (Å²) in [6, 6.07) is 0.413. The Bertz CT molecular complexity index is 153. The van der Waals surface area contributed by atoms with Crippen LogP contribution in [0.5, 0.6) is 0 Å². The average Bonchev–Trinajstić information content (AvgIpc) is 2.51. The van der Waals surface area contributed by atoms with Crippen LogP contribution in [0.3, 0.4) is 0 Å². The predicted octanol–water partition coefficient (Wildman–Crippen LogP) is 0.782. The van der Waals surface area contributed by atoms with Gasteiger partial charge in [-0.05, 0) is 19.3 Å². The van der Waals surface area contributed by atoms with Crippen molar-refractivity contribution in [2.45, 2.75) is 51.1 Å². The summed E-state index contributed by atoms with van der Waals surface area (Å²) in [7, 11) is 0. The van der Waals surface area contributed by atoms with E-state index in [9.17, 15) is 4.79 Å². The fourth-order valence-electron chi connectivity index (χ4n) is 1.78. The topological polar surface area (TPSA) is 55.1 Å². The van der Waals surface area contributed by atoms with E-state index in [1.54, 1.807) is 0 Å². The fourth-order valence-corrected chi connectivity index (χ4v) is 1.78. The van der Waals surface area contributed by atoms with Crippen LogP contribution in [0.2, 0.25) is 0 Å². The molecule has 0 spiro atoms. The Labute approximate surface area is 73.7 Å². The van der Waals surface area contributed by atoms with Gasteiger partial charge in [-0.2, -0.15) is 0 Å². The second-order valence-corrected chi connectivity index (χ2v) is 3.51. The molecule has 0 aromatic heterocycles. The number of carbonyl (C=O) groups is 1. The van der Waals surface area contributed by atoms with Crippen molar-refractivity contribution in [2.75, 3.05) is 0 Å². The lowest BCUT2D eigenvalue weighted by atomic mass is 10.1. The van der Waals surface area contributed by atoms with Crippen LogP contribution in [0.4, 0.5) is 0 Å². The van der Waals surface area contributed by atoms with Crippen LogP contribution in [0.15, 0.2) is 0 Å². The van der Waals surface area contributed by atoms with Crippen LogP contribution in [0, 0.1) is 0 Å². The maximum absolute atomic E-state index is 10.9. The lowest BCUT2D eigenvalue weighted by molar-refractivity contribution is -0.120. The molecule has 1 aliphatic rings. The number of nitrogens with two attached hydrogens (primary N) is 1. The number of rotatable bonds is 4. The van der Waals surface area contributed by atoms with Gasteiger partial charge in [-0.1, -0.05) is 19.8 Å². The monoisotopic (exact) mass is 170 g/mol. The van der Waals surface area contributed by atoms with E-state index in [0.717, 1.165) is 6.42 Å². The highest BCUT2D eigenvalue weighted by Gasteiger charge is 2.20. The molecular weight excluding hydrogens is 152 g/mol. The first-order chi connectivity index (χ1) is 5.74. The van der Waals surface area contributed by atoms with Crippen LogP contribution in [0.1, 0.15) is 39.0 Å². The van der Waals surface area contributed by atoms with Crippen LogP contribution < -0.4 is 11.1 Å². The normalized spacial score (nSPS) is 21.1. The standard InChI is InChI=1S/C9H18N2O/c1-2-8(9(10)12)11-7-5-3-4-6-7/h7-8,11H,2-6H2,1H3,(H2,10,12). The Morgan fingerprint density at radius 3 is 2.58 bits per heavy atom. The molecule has 0 aromatic rings. The second kappa shape index (κ2) is 4.45. The van der Waals surface area contributed by atoms with Gasteiger partial charge < -0.3 is 11.1 Å². The largest absolute Gasteiger partial charge is 0.368 e. The van der Waals surface area contributed by atoms with Gasteiger partial charge in [-0.25, -0.2) is 0 Å². The van der Waals surface area contributed by atoms with Gasteiger partial charge >= 0.3 is 0 Å². The van der Waals surface area contributed by atoms with Gasteiger partial charge in [-0.15, -0.1) is 0 Å². The maximum Gasteiger partial charge on any atom is 0.234 e. The Morgan fingerprint density at radius 2 is 2.17 bits per heavy atom. The second-order valence-electron chi connectivity index (χ2n) is 3.51. The van der Waals surface area contributed by atoms with E-state index in [1.165, 1.54) is 25.7 Å². The summed E-state index contributed by atoms with van der Waals surface area (Å²) >= 11 is 0. The molecule has 1 fully saturated rings. The third kappa shape index (κ3) is 2.48. The van der Waals surface area contributed by atoms with Gasteiger partial charge in [0, 0.05) is 6.04 Å². The molecule has 3 nitrogen and oxygen atoms in total. The molecule has 0 aromatic carbocycles. The first kappa shape index (κ1) is 9.52. The Balaban J connectivity index is 2.30. The van der Waals surface area contributed by atoms with Crippen molar-refractivity contribution in [3.8, 4) is 0 Å². The zero-order valence-corrected chi connectivity index (χ0v) is 7.68. The summed E-state index contributed by atoms with van der Waals surface area (Å²) in [5.41, 5.74) is 5.22. The van der Waals surface area contributed by atoms with Crippen LogP contribution >= 0.6 is 0 Å². The molecule has 1 saturated carbocycles. The molecule has 1 unspecified atom stereocenters. The fraction of sp³-hybridized carbons (Fsp3) is 0.889. The zero-order valence-electron chi connectivity index (χ0n) is 7.68. The van der Waals surface area contributed by atoms with Gasteiger partial charge in [0.1, 0.15) is 0 Å². The number of primary amides is 1. The van der Waals surface area contributed by atoms with Gasteiger partial charge in [0.15, 0.2) is 0 Å². The highest BCUT2D eigenvalue weighted by molar-refractivity contribution is 5.79. The van der Waals surface area contributed by atoms with Crippen molar-refractivity contribution in [2.24, 2.45) is 5.73 Å². The number of hydrogen-bond donors (Lipinski definition) is 2. The first-order valence-corrected chi connectivity index (χ1v) is 4.79. The van der Waals surface area contributed by atoms with Crippen LogP contribution in [-0.4, -0.2) is 18.0 Å². The molecule has 1 amide bonds. The quantitative estimate of drug-likeness (QED) is 0.655. The molecule has 0 saturated heterocycles. The highest BCUT2D eigenvalue weighted by Crippen LogP contribution is 2.18. The summed E-state index contributed by atoms with van der Waals surface area (Å²) in [4.78, 5) is 10.9. The molecule has 1 atom stereocenters. The molecular formula is C9H18N2O. The lowest BCUT2D eigenvalue weighted by Crippen LogP contribution is -2.45. The SMILES string of the molecule is CCC(NC1CCCC1)C(N)=O. The van der Waals surface area contributed by atoms with E-state index in [1.807, 2.05) is 6.92 Å². The van der Waals surface area contributed by atoms with E-state index in [0.29, 0.717) is 6.04 Å². The number of carbonyl (C=O) groups excluding carboxylic acids is 1. The third-order valence-electron chi connectivity index (χ3n) is 2.54. The summed E-state index contributed by atoms with van der Waals surface area (Å²) in [5.74, 6) is -0.218. The minimum absolute atomic E-state index is 0.118. The minimum atomic E-state index is -0.218. The van der Waals surface area contributed by atoms with Crippen molar-refractivity contribution < 1.29 is 4.79 Å². The van der Waals surface area contributed by atoms with E-state index >= 15 is 0 Å². The molecule has 3 heteroatoms.